The molecule has 0 spiro atoms. The Kier molecular flexibility index (Phi) is 8.83. The number of nitrogens with zero attached hydrogens (tertiary/aromatic N) is 1. The van der Waals surface area contributed by atoms with Gasteiger partial charge in [0, 0.05) is 28.9 Å². The summed E-state index contributed by atoms with van der Waals surface area (Å²) in [5, 5.41) is 10.4. The van der Waals surface area contributed by atoms with Crippen molar-refractivity contribution in [3.05, 3.63) is 101 Å². The minimum atomic E-state index is -1.23. The van der Waals surface area contributed by atoms with Gasteiger partial charge in [-0.05, 0) is 106 Å². The van der Waals surface area contributed by atoms with Crippen LogP contribution in [0.5, 0.6) is 11.5 Å². The van der Waals surface area contributed by atoms with E-state index < -0.39 is 17.7 Å². The van der Waals surface area contributed by atoms with Crippen molar-refractivity contribution in [3.63, 3.8) is 0 Å². The third kappa shape index (κ3) is 6.89. The number of carboxylic acids is 1. The van der Waals surface area contributed by atoms with Gasteiger partial charge in [-0.3, -0.25) is 4.98 Å². The Morgan fingerprint density at radius 2 is 1.72 bits per heavy atom. The lowest BCUT2D eigenvalue weighted by atomic mass is 9.85. The van der Waals surface area contributed by atoms with Gasteiger partial charge in [0.05, 0.1) is 18.8 Å². The van der Waals surface area contributed by atoms with Crippen molar-refractivity contribution >= 4 is 5.97 Å². The number of aryl methyl sites for hydroxylation is 3. The van der Waals surface area contributed by atoms with Crippen LogP contribution >= 0.6 is 0 Å². The molecule has 1 N–H and O–H groups in total. The number of rotatable bonds is 9. The zero-order chi connectivity index (χ0) is 30.7. The molecule has 5 rings (SSSR count). The van der Waals surface area contributed by atoms with Crippen LogP contribution < -0.4 is 9.47 Å². The Balaban J connectivity index is 1.58. The van der Waals surface area contributed by atoms with Crippen molar-refractivity contribution in [2.75, 3.05) is 13.2 Å². The van der Waals surface area contributed by atoms with E-state index in [1.54, 1.807) is 12.1 Å². The van der Waals surface area contributed by atoms with E-state index in [-0.39, 0.29) is 5.82 Å². The molecule has 3 aromatic carbocycles. The van der Waals surface area contributed by atoms with E-state index in [0.29, 0.717) is 42.2 Å². The van der Waals surface area contributed by atoms with Gasteiger partial charge in [-0.25, -0.2) is 9.18 Å². The topological polar surface area (TPSA) is 77.9 Å². The summed E-state index contributed by atoms with van der Waals surface area (Å²) in [4.78, 5) is 17.6. The van der Waals surface area contributed by atoms with Gasteiger partial charge in [-0.2, -0.15) is 0 Å². The van der Waals surface area contributed by atoms with Gasteiger partial charge in [0.25, 0.3) is 0 Å². The van der Waals surface area contributed by atoms with Crippen molar-refractivity contribution in [1.29, 1.82) is 0 Å². The van der Waals surface area contributed by atoms with Crippen LogP contribution in [0.4, 0.5) is 4.39 Å². The number of aliphatic carboxylic acids is 1. The van der Waals surface area contributed by atoms with Gasteiger partial charge in [-0.15, -0.1) is 0 Å². The number of benzene rings is 3. The van der Waals surface area contributed by atoms with E-state index >= 15 is 0 Å². The predicted molar refractivity (Wildman–Crippen MR) is 165 cm³/mol. The van der Waals surface area contributed by atoms with Crippen molar-refractivity contribution in [1.82, 2.24) is 4.98 Å². The second-order valence-electron chi connectivity index (χ2n) is 11.9. The fraction of sp³-hybridized carbons (Fsp3) is 0.333. The fourth-order valence-electron chi connectivity index (χ4n) is 5.64. The van der Waals surface area contributed by atoms with Gasteiger partial charge in [0.1, 0.15) is 17.3 Å². The summed E-state index contributed by atoms with van der Waals surface area (Å²) in [5.41, 5.74) is 6.28. The highest BCUT2D eigenvalue weighted by molar-refractivity contribution is 5.91. The first-order valence-electron chi connectivity index (χ1n) is 14.7. The maximum absolute atomic E-state index is 14.0. The van der Waals surface area contributed by atoms with Gasteiger partial charge >= 0.3 is 5.97 Å². The molecule has 0 unspecified atom stereocenters. The summed E-state index contributed by atoms with van der Waals surface area (Å²) >= 11 is 0. The van der Waals surface area contributed by atoms with Crippen molar-refractivity contribution in [2.24, 2.45) is 0 Å². The first-order valence-corrected chi connectivity index (χ1v) is 14.7. The van der Waals surface area contributed by atoms with Crippen molar-refractivity contribution < 1.29 is 28.5 Å². The summed E-state index contributed by atoms with van der Waals surface area (Å²) in [7, 11) is 0. The smallest absolute Gasteiger partial charge is 0.337 e. The average Bonchev–Trinajstić information content (AvgIpc) is 2.96. The van der Waals surface area contributed by atoms with Crippen LogP contribution in [0.2, 0.25) is 0 Å². The molecule has 2 heterocycles. The van der Waals surface area contributed by atoms with Crippen molar-refractivity contribution in [3.8, 4) is 33.8 Å². The highest BCUT2D eigenvalue weighted by atomic mass is 19.1. The molecule has 0 bridgehead atoms. The van der Waals surface area contributed by atoms with Crippen LogP contribution in [0.1, 0.15) is 61.4 Å². The number of pyridine rings is 1. The Morgan fingerprint density at radius 3 is 2.42 bits per heavy atom. The number of aromatic nitrogens is 1. The quantitative estimate of drug-likeness (QED) is 0.215. The second-order valence-corrected chi connectivity index (χ2v) is 11.9. The largest absolute Gasteiger partial charge is 0.493 e. The van der Waals surface area contributed by atoms with Crippen LogP contribution in [0.3, 0.4) is 0 Å². The molecular formula is C36H38FNO5. The molecule has 1 atom stereocenters. The second kappa shape index (κ2) is 12.6. The standard InChI is InChI=1S/C36H38FNO5/c1-22-31(25-12-15-28(16-13-25)41-20-18-24-9-6-7-11-29(24)37)33(27-14-17-30-26(21-27)10-8-19-42-30)32(23(2)38-22)34(35(39)40)43-36(3,4)5/h6-7,9,11-17,21,34H,8,10,18-20H2,1-5H3,(H,39,40)/t34-/m0/s1. The maximum Gasteiger partial charge on any atom is 0.337 e. The van der Waals surface area contributed by atoms with Crippen molar-refractivity contribution in [2.45, 2.75) is 65.6 Å². The third-order valence-electron chi connectivity index (χ3n) is 7.50. The normalized spacial score (nSPS) is 13.6. The molecule has 0 amide bonds. The van der Waals surface area contributed by atoms with E-state index in [2.05, 4.69) is 6.07 Å². The first-order chi connectivity index (χ1) is 20.5. The number of carbonyl (C=O) groups is 1. The summed E-state index contributed by atoms with van der Waals surface area (Å²) in [6, 6.07) is 20.4. The van der Waals surface area contributed by atoms with E-state index in [9.17, 15) is 14.3 Å². The van der Waals surface area contributed by atoms with Crippen LogP contribution in [0, 0.1) is 19.7 Å². The lowest BCUT2D eigenvalue weighted by molar-refractivity contribution is -0.160. The molecule has 4 aromatic rings. The van der Waals surface area contributed by atoms with Crippen LogP contribution in [-0.2, 0) is 22.4 Å². The van der Waals surface area contributed by atoms with Crippen LogP contribution in [-0.4, -0.2) is 34.9 Å². The minimum absolute atomic E-state index is 0.240. The highest BCUT2D eigenvalue weighted by Gasteiger charge is 2.33. The lowest BCUT2D eigenvalue weighted by Crippen LogP contribution is -2.28. The number of fused-ring (bicyclic) bond motifs is 1. The zero-order valence-electron chi connectivity index (χ0n) is 25.4. The van der Waals surface area contributed by atoms with E-state index in [1.165, 1.54) is 6.07 Å². The SMILES string of the molecule is Cc1nc(C)c([C@H](OC(C)(C)C)C(=O)O)c(-c2ccc3c(c2)CCCO3)c1-c1ccc(OCCc2ccccc2F)cc1. The number of halogens is 1. The highest BCUT2D eigenvalue weighted by Crippen LogP contribution is 2.44. The molecule has 6 nitrogen and oxygen atoms in total. The molecule has 7 heteroatoms. The number of carboxylic acid groups (broad SMARTS) is 1. The predicted octanol–water partition coefficient (Wildman–Crippen LogP) is 8.06. The van der Waals surface area contributed by atoms with Gasteiger partial charge in [-0.1, -0.05) is 36.4 Å². The summed E-state index contributed by atoms with van der Waals surface area (Å²) < 4.78 is 32.0. The maximum atomic E-state index is 14.0. The summed E-state index contributed by atoms with van der Waals surface area (Å²) in [6.07, 6.45) is 1.04. The Labute approximate surface area is 252 Å². The Bertz CT molecular complexity index is 1620. The molecule has 0 aliphatic carbocycles. The number of hydrogen-bond donors (Lipinski definition) is 1. The van der Waals surface area contributed by atoms with E-state index in [4.69, 9.17) is 19.2 Å². The summed E-state index contributed by atoms with van der Waals surface area (Å²) in [5.74, 6) is 0.204. The van der Waals surface area contributed by atoms with Gasteiger partial charge in [0.2, 0.25) is 0 Å². The fourth-order valence-corrected chi connectivity index (χ4v) is 5.64. The van der Waals surface area contributed by atoms with E-state index in [0.717, 1.165) is 52.1 Å². The van der Waals surface area contributed by atoms with Gasteiger partial charge in [0.15, 0.2) is 6.10 Å². The Morgan fingerprint density at radius 1 is 1.00 bits per heavy atom. The number of ether oxygens (including phenoxy) is 3. The molecule has 224 valence electrons. The van der Waals surface area contributed by atoms with Crippen LogP contribution in [0.15, 0.2) is 66.7 Å². The van der Waals surface area contributed by atoms with E-state index in [1.807, 2.05) is 77.1 Å². The average molecular weight is 584 g/mol. The molecule has 0 saturated heterocycles. The number of hydrogen-bond acceptors (Lipinski definition) is 5. The first kappa shape index (κ1) is 30.2. The molecule has 1 aliphatic rings. The molecule has 0 radical (unpaired) electrons. The monoisotopic (exact) mass is 583 g/mol. The Hall–Kier alpha value is -4.23. The minimum Gasteiger partial charge on any atom is -0.493 e. The molecule has 0 fully saturated rings. The third-order valence-corrected chi connectivity index (χ3v) is 7.50. The lowest BCUT2D eigenvalue weighted by Gasteiger charge is -2.29. The molecule has 0 saturated carbocycles. The molecule has 43 heavy (non-hydrogen) atoms. The van der Waals surface area contributed by atoms with Gasteiger partial charge < -0.3 is 19.3 Å². The summed E-state index contributed by atoms with van der Waals surface area (Å²) in [6.45, 7) is 10.3. The molecule has 1 aliphatic heterocycles. The zero-order valence-corrected chi connectivity index (χ0v) is 25.4. The molecular weight excluding hydrogens is 545 g/mol. The molecule has 1 aromatic heterocycles. The van der Waals surface area contributed by atoms with Crippen LogP contribution in [0.25, 0.3) is 22.3 Å².